The van der Waals surface area contributed by atoms with Crippen molar-refractivity contribution < 1.29 is 9.53 Å². The number of aryl methyl sites for hydroxylation is 1. The third-order valence-corrected chi connectivity index (χ3v) is 4.86. The van der Waals surface area contributed by atoms with Crippen LogP contribution >= 0.6 is 23.2 Å². The quantitative estimate of drug-likeness (QED) is 0.444. The molecule has 0 aliphatic heterocycles. The van der Waals surface area contributed by atoms with Gasteiger partial charge in [0.1, 0.15) is 12.1 Å². The molecule has 4 rings (SSSR count). The van der Waals surface area contributed by atoms with Gasteiger partial charge in [-0.1, -0.05) is 41.4 Å². The molecule has 0 aliphatic carbocycles. The second-order valence-electron chi connectivity index (χ2n) is 6.80. The lowest BCUT2D eigenvalue weighted by atomic mass is 10.2. The summed E-state index contributed by atoms with van der Waals surface area (Å²) in [5, 5.41) is 12.3. The number of nitrogens with one attached hydrogen (secondary N) is 1. The fourth-order valence-electron chi connectivity index (χ4n) is 2.83. The number of carbonyl (C=O) groups is 1. The number of carbonyl (C=O) groups excluding carboxylic acids is 1. The normalized spacial score (nSPS) is 10.8. The van der Waals surface area contributed by atoms with E-state index in [0.717, 1.165) is 11.1 Å². The summed E-state index contributed by atoms with van der Waals surface area (Å²) in [5.41, 5.74) is 2.22. The number of nitrogens with zero attached hydrogens (tertiary/aromatic N) is 5. The van der Waals surface area contributed by atoms with Crippen LogP contribution in [0.1, 0.15) is 21.6 Å². The van der Waals surface area contributed by atoms with Crippen LogP contribution in [0.5, 0.6) is 5.75 Å². The molecule has 1 N–H and O–H groups in total. The minimum absolute atomic E-state index is 0.114. The minimum Gasteiger partial charge on any atom is -0.470 e. The number of aromatic nitrogens is 5. The number of anilines is 1. The zero-order valence-corrected chi connectivity index (χ0v) is 18.0. The maximum Gasteiger partial charge on any atom is 0.278 e. The van der Waals surface area contributed by atoms with Gasteiger partial charge >= 0.3 is 0 Å². The maximum atomic E-state index is 12.5. The van der Waals surface area contributed by atoms with E-state index in [-0.39, 0.29) is 18.4 Å². The highest BCUT2D eigenvalue weighted by molar-refractivity contribution is 6.32. The van der Waals surface area contributed by atoms with E-state index in [9.17, 15) is 4.79 Å². The van der Waals surface area contributed by atoms with Crippen molar-refractivity contribution in [1.82, 2.24) is 24.5 Å². The van der Waals surface area contributed by atoms with Gasteiger partial charge in [0.25, 0.3) is 5.91 Å². The second kappa shape index (κ2) is 9.20. The maximum absolute atomic E-state index is 12.5. The standard InChI is InChI=1S/C21H18Cl2N6O2/c1-14-5-6-17(23)19(9-14)31-13-28-8-7-18(26-28)20(30)25-21-24-12-29(27-21)11-15-3-2-4-16(22)10-15/h2-10,12H,11,13H2,1H3,(H,25,27,30). The number of amides is 1. The van der Waals surface area contributed by atoms with Crippen molar-refractivity contribution in [3.05, 3.63) is 87.9 Å². The summed E-state index contributed by atoms with van der Waals surface area (Å²) < 4.78 is 8.79. The van der Waals surface area contributed by atoms with Gasteiger partial charge < -0.3 is 4.74 Å². The summed E-state index contributed by atoms with van der Waals surface area (Å²) in [6, 6.07) is 14.5. The summed E-state index contributed by atoms with van der Waals surface area (Å²) in [6.07, 6.45) is 3.18. The first kappa shape index (κ1) is 20.9. The molecule has 0 saturated carbocycles. The number of hydrogen-bond acceptors (Lipinski definition) is 5. The molecule has 2 heterocycles. The molecule has 0 radical (unpaired) electrons. The number of ether oxygens (including phenoxy) is 1. The Morgan fingerprint density at radius 3 is 2.81 bits per heavy atom. The van der Waals surface area contributed by atoms with Crippen LogP contribution in [0, 0.1) is 6.92 Å². The zero-order valence-electron chi connectivity index (χ0n) is 16.5. The summed E-state index contributed by atoms with van der Waals surface area (Å²) in [7, 11) is 0. The van der Waals surface area contributed by atoms with Gasteiger partial charge in [-0.15, -0.1) is 5.10 Å². The van der Waals surface area contributed by atoms with E-state index >= 15 is 0 Å². The predicted molar refractivity (Wildman–Crippen MR) is 118 cm³/mol. The molecule has 2 aromatic heterocycles. The molecule has 0 bridgehead atoms. The molecular weight excluding hydrogens is 439 g/mol. The van der Waals surface area contributed by atoms with E-state index in [0.29, 0.717) is 22.3 Å². The predicted octanol–water partition coefficient (Wildman–Crippen LogP) is 4.43. The molecule has 0 unspecified atom stereocenters. The average molecular weight is 457 g/mol. The summed E-state index contributed by atoms with van der Waals surface area (Å²) >= 11 is 12.1. The summed E-state index contributed by atoms with van der Waals surface area (Å²) in [4.78, 5) is 16.6. The van der Waals surface area contributed by atoms with Crippen molar-refractivity contribution >= 4 is 35.1 Å². The summed E-state index contributed by atoms with van der Waals surface area (Å²) in [5.74, 6) is 0.315. The smallest absolute Gasteiger partial charge is 0.278 e. The average Bonchev–Trinajstić information content (AvgIpc) is 3.38. The van der Waals surface area contributed by atoms with Crippen LogP contribution in [-0.4, -0.2) is 30.5 Å². The van der Waals surface area contributed by atoms with Gasteiger partial charge in [0.15, 0.2) is 12.4 Å². The molecule has 158 valence electrons. The highest BCUT2D eigenvalue weighted by Gasteiger charge is 2.13. The van der Waals surface area contributed by atoms with E-state index in [1.54, 1.807) is 29.1 Å². The molecule has 1 amide bonds. The van der Waals surface area contributed by atoms with Crippen molar-refractivity contribution in [2.45, 2.75) is 20.2 Å². The van der Waals surface area contributed by atoms with E-state index in [1.807, 2.05) is 37.3 Å². The second-order valence-corrected chi connectivity index (χ2v) is 7.64. The number of hydrogen-bond donors (Lipinski definition) is 1. The van der Waals surface area contributed by atoms with Crippen LogP contribution in [0.4, 0.5) is 5.95 Å². The van der Waals surface area contributed by atoms with Gasteiger partial charge in [0.05, 0.1) is 11.6 Å². The Kier molecular flexibility index (Phi) is 6.20. The Labute approximate surface area is 188 Å². The van der Waals surface area contributed by atoms with Crippen molar-refractivity contribution in [3.63, 3.8) is 0 Å². The van der Waals surface area contributed by atoms with Crippen LogP contribution in [-0.2, 0) is 13.3 Å². The van der Waals surface area contributed by atoms with E-state index < -0.39 is 5.91 Å². The Balaban J connectivity index is 1.35. The van der Waals surface area contributed by atoms with Gasteiger partial charge in [-0.2, -0.15) is 5.10 Å². The molecule has 4 aromatic rings. The first-order valence-electron chi connectivity index (χ1n) is 9.34. The van der Waals surface area contributed by atoms with Crippen LogP contribution in [0.15, 0.2) is 61.1 Å². The topological polar surface area (TPSA) is 86.9 Å². The molecular formula is C21H18Cl2N6O2. The Morgan fingerprint density at radius 1 is 1.10 bits per heavy atom. The molecule has 0 fully saturated rings. The van der Waals surface area contributed by atoms with Gasteiger partial charge in [-0.3, -0.25) is 10.1 Å². The summed E-state index contributed by atoms with van der Waals surface area (Å²) in [6.45, 7) is 2.55. The van der Waals surface area contributed by atoms with Gasteiger partial charge in [0, 0.05) is 11.2 Å². The Morgan fingerprint density at radius 2 is 1.97 bits per heavy atom. The third-order valence-electron chi connectivity index (χ3n) is 4.31. The molecule has 2 aromatic carbocycles. The van der Waals surface area contributed by atoms with Crippen molar-refractivity contribution in [3.8, 4) is 5.75 Å². The first-order valence-corrected chi connectivity index (χ1v) is 10.1. The monoisotopic (exact) mass is 456 g/mol. The van der Waals surface area contributed by atoms with Crippen molar-refractivity contribution in [2.75, 3.05) is 5.32 Å². The van der Waals surface area contributed by atoms with Crippen LogP contribution in [0.2, 0.25) is 10.0 Å². The zero-order chi connectivity index (χ0) is 21.8. The van der Waals surface area contributed by atoms with E-state index in [1.165, 1.54) is 11.0 Å². The minimum atomic E-state index is -0.423. The molecule has 0 spiro atoms. The molecule has 8 nitrogen and oxygen atoms in total. The van der Waals surface area contributed by atoms with Gasteiger partial charge in [-0.25, -0.2) is 14.3 Å². The molecule has 31 heavy (non-hydrogen) atoms. The highest BCUT2D eigenvalue weighted by Crippen LogP contribution is 2.25. The molecule has 0 saturated heterocycles. The fraction of sp³-hybridized carbons (Fsp3) is 0.143. The number of halogens is 2. The lowest BCUT2D eigenvalue weighted by molar-refractivity contribution is 0.101. The lowest BCUT2D eigenvalue weighted by Gasteiger charge is -2.08. The van der Waals surface area contributed by atoms with Crippen LogP contribution in [0.3, 0.4) is 0 Å². The molecule has 0 atom stereocenters. The Hall–Kier alpha value is -3.36. The molecule has 0 aliphatic rings. The number of rotatable bonds is 7. The van der Waals surface area contributed by atoms with E-state index in [2.05, 4.69) is 20.5 Å². The number of benzene rings is 2. The van der Waals surface area contributed by atoms with Crippen LogP contribution in [0.25, 0.3) is 0 Å². The van der Waals surface area contributed by atoms with Gasteiger partial charge in [-0.05, 0) is 48.4 Å². The SMILES string of the molecule is Cc1ccc(Cl)c(OCn2ccc(C(=O)Nc3ncn(Cc4cccc(Cl)c4)n3)n2)c1. The fourth-order valence-corrected chi connectivity index (χ4v) is 3.21. The highest BCUT2D eigenvalue weighted by atomic mass is 35.5. The third kappa shape index (κ3) is 5.42. The van der Waals surface area contributed by atoms with Gasteiger partial charge in [0.2, 0.25) is 5.95 Å². The van der Waals surface area contributed by atoms with E-state index in [4.69, 9.17) is 27.9 Å². The lowest BCUT2D eigenvalue weighted by Crippen LogP contribution is -2.15. The van der Waals surface area contributed by atoms with Crippen molar-refractivity contribution in [2.24, 2.45) is 0 Å². The molecule has 10 heteroatoms. The first-order chi connectivity index (χ1) is 15.0. The van der Waals surface area contributed by atoms with Crippen LogP contribution < -0.4 is 10.1 Å². The largest absolute Gasteiger partial charge is 0.470 e. The Bertz CT molecular complexity index is 1220. The van der Waals surface area contributed by atoms with Crippen molar-refractivity contribution in [1.29, 1.82) is 0 Å².